The first-order valence-corrected chi connectivity index (χ1v) is 6.73. The Hall–Kier alpha value is -3.35. The van der Waals surface area contributed by atoms with Crippen molar-refractivity contribution in [1.29, 1.82) is 0 Å². The lowest BCUT2D eigenvalue weighted by atomic mass is 10.2. The fraction of sp³-hybridized carbons (Fsp3) is 0.0625. The molecule has 0 aliphatic heterocycles. The second kappa shape index (κ2) is 7.60. The number of guanidine groups is 1. The van der Waals surface area contributed by atoms with Gasteiger partial charge in [-0.1, -0.05) is 18.2 Å². The Morgan fingerprint density at radius 3 is 2.61 bits per heavy atom. The minimum Gasteiger partial charge on any atom is -0.495 e. The number of nitrogens with zero attached hydrogens (tertiary/aromatic N) is 1. The Labute approximate surface area is 133 Å². The van der Waals surface area contributed by atoms with Crippen molar-refractivity contribution in [2.24, 2.45) is 10.7 Å². The highest BCUT2D eigenvalue weighted by atomic mass is 16.5. The highest BCUT2D eigenvalue weighted by molar-refractivity contribution is 6.05. The number of anilines is 1. The van der Waals surface area contributed by atoms with Gasteiger partial charge in [-0.3, -0.25) is 14.9 Å². The Morgan fingerprint density at radius 2 is 1.96 bits per heavy atom. The van der Waals surface area contributed by atoms with E-state index >= 15 is 0 Å². The summed E-state index contributed by atoms with van der Waals surface area (Å²) in [5, 5.41) is 5.00. The van der Waals surface area contributed by atoms with E-state index in [9.17, 15) is 9.59 Å². The number of benzene rings is 2. The van der Waals surface area contributed by atoms with E-state index in [1.165, 1.54) is 7.11 Å². The molecule has 0 radical (unpaired) electrons. The molecule has 0 heterocycles. The van der Waals surface area contributed by atoms with Gasteiger partial charge in [0.15, 0.2) is 0 Å². The van der Waals surface area contributed by atoms with E-state index in [2.05, 4.69) is 15.6 Å². The van der Waals surface area contributed by atoms with Crippen LogP contribution in [0.1, 0.15) is 10.4 Å². The zero-order chi connectivity index (χ0) is 16.7. The molecule has 2 aromatic carbocycles. The fourth-order valence-electron chi connectivity index (χ4n) is 1.89. The molecule has 4 N–H and O–H groups in total. The number of amides is 2. The molecule has 7 nitrogen and oxygen atoms in total. The summed E-state index contributed by atoms with van der Waals surface area (Å²) in [4.78, 5) is 26.7. The van der Waals surface area contributed by atoms with Crippen LogP contribution in [0.4, 0.5) is 11.4 Å². The van der Waals surface area contributed by atoms with Crippen LogP contribution in [0.15, 0.2) is 53.5 Å². The summed E-state index contributed by atoms with van der Waals surface area (Å²) in [5.41, 5.74) is 7.12. The third-order valence-corrected chi connectivity index (χ3v) is 2.92. The van der Waals surface area contributed by atoms with E-state index in [0.29, 0.717) is 29.1 Å². The molecule has 2 amide bonds. The highest BCUT2D eigenvalue weighted by Crippen LogP contribution is 2.28. The van der Waals surface area contributed by atoms with Crippen LogP contribution in [-0.4, -0.2) is 25.4 Å². The molecule has 0 aromatic heterocycles. The maximum Gasteiger partial charge on any atom is 0.257 e. The van der Waals surface area contributed by atoms with E-state index < -0.39 is 0 Å². The predicted molar refractivity (Wildman–Crippen MR) is 87.9 cm³/mol. The van der Waals surface area contributed by atoms with E-state index in [4.69, 9.17) is 10.5 Å². The average Bonchev–Trinajstić information content (AvgIpc) is 2.56. The predicted octanol–water partition coefficient (Wildman–Crippen LogP) is 1.64. The van der Waals surface area contributed by atoms with Gasteiger partial charge in [0.25, 0.3) is 5.91 Å². The molecule has 0 spiro atoms. The zero-order valence-electron chi connectivity index (χ0n) is 12.4. The van der Waals surface area contributed by atoms with Gasteiger partial charge in [0.1, 0.15) is 5.75 Å². The number of carbonyl (C=O) groups is 2. The Bertz CT molecular complexity index is 729. The van der Waals surface area contributed by atoms with Gasteiger partial charge in [-0.25, -0.2) is 4.99 Å². The van der Waals surface area contributed by atoms with Gasteiger partial charge >= 0.3 is 0 Å². The van der Waals surface area contributed by atoms with E-state index in [0.717, 1.165) is 0 Å². The third kappa shape index (κ3) is 4.31. The number of nitrogens with two attached hydrogens (primary N) is 1. The summed E-state index contributed by atoms with van der Waals surface area (Å²) < 4.78 is 5.11. The van der Waals surface area contributed by atoms with Crippen molar-refractivity contribution in [1.82, 2.24) is 5.32 Å². The van der Waals surface area contributed by atoms with Crippen molar-refractivity contribution >= 4 is 29.7 Å². The molecule has 118 valence electrons. The summed E-state index contributed by atoms with van der Waals surface area (Å²) >= 11 is 0. The fourth-order valence-corrected chi connectivity index (χ4v) is 1.89. The number of hydrogen-bond acceptors (Lipinski definition) is 4. The van der Waals surface area contributed by atoms with Crippen molar-refractivity contribution < 1.29 is 14.3 Å². The number of aliphatic imine (C=N–C) groups is 1. The van der Waals surface area contributed by atoms with Crippen LogP contribution in [0.25, 0.3) is 0 Å². The summed E-state index contributed by atoms with van der Waals surface area (Å²) in [6.45, 7) is 0. The van der Waals surface area contributed by atoms with Crippen LogP contribution >= 0.6 is 0 Å². The molecule has 0 fully saturated rings. The normalized spacial score (nSPS) is 10.7. The maximum absolute atomic E-state index is 12.0. The molecule has 0 aliphatic carbocycles. The molecular weight excluding hydrogens is 296 g/mol. The minimum atomic E-state index is -0.355. The number of ether oxygens (including phenoxy) is 1. The van der Waals surface area contributed by atoms with E-state index in [1.807, 2.05) is 6.07 Å². The van der Waals surface area contributed by atoms with E-state index in [-0.39, 0.29) is 11.9 Å². The van der Waals surface area contributed by atoms with Gasteiger partial charge in [-0.05, 0) is 30.3 Å². The molecule has 2 aromatic rings. The Balaban J connectivity index is 2.15. The van der Waals surface area contributed by atoms with Crippen molar-refractivity contribution in [2.75, 3.05) is 12.4 Å². The molecular formula is C16H16N4O3. The van der Waals surface area contributed by atoms with Crippen LogP contribution in [0.5, 0.6) is 5.75 Å². The zero-order valence-corrected chi connectivity index (χ0v) is 12.4. The second-order valence-electron chi connectivity index (χ2n) is 4.46. The molecule has 0 saturated heterocycles. The molecule has 23 heavy (non-hydrogen) atoms. The molecule has 2 rings (SSSR count). The van der Waals surface area contributed by atoms with Crippen LogP contribution in [0.2, 0.25) is 0 Å². The lowest BCUT2D eigenvalue weighted by Gasteiger charge is -2.08. The topological polar surface area (TPSA) is 106 Å². The Kier molecular flexibility index (Phi) is 5.30. The average molecular weight is 312 g/mol. The molecule has 7 heteroatoms. The molecule has 0 saturated carbocycles. The molecule has 0 atom stereocenters. The van der Waals surface area contributed by atoms with Gasteiger partial charge in [0.2, 0.25) is 12.4 Å². The summed E-state index contributed by atoms with van der Waals surface area (Å²) in [6.07, 6.45) is 0.534. The second-order valence-corrected chi connectivity index (χ2v) is 4.46. The van der Waals surface area contributed by atoms with Crippen LogP contribution in [0.3, 0.4) is 0 Å². The van der Waals surface area contributed by atoms with Gasteiger partial charge in [0, 0.05) is 5.56 Å². The monoisotopic (exact) mass is 312 g/mol. The van der Waals surface area contributed by atoms with Crippen molar-refractivity contribution in [2.45, 2.75) is 0 Å². The SMILES string of the molecule is COc1ccc(N=C(N)NC(=O)c2ccccc2)cc1NC=O. The Morgan fingerprint density at radius 1 is 1.22 bits per heavy atom. The van der Waals surface area contributed by atoms with Gasteiger partial charge in [-0.15, -0.1) is 0 Å². The van der Waals surface area contributed by atoms with Crippen LogP contribution in [-0.2, 0) is 4.79 Å². The minimum absolute atomic E-state index is 0.0546. The first-order chi connectivity index (χ1) is 11.1. The van der Waals surface area contributed by atoms with E-state index in [1.54, 1.807) is 42.5 Å². The first-order valence-electron chi connectivity index (χ1n) is 6.73. The summed E-state index contributed by atoms with van der Waals surface area (Å²) in [7, 11) is 1.49. The largest absolute Gasteiger partial charge is 0.495 e. The van der Waals surface area contributed by atoms with Gasteiger partial charge in [0.05, 0.1) is 18.5 Å². The molecule has 0 unspecified atom stereocenters. The highest BCUT2D eigenvalue weighted by Gasteiger charge is 2.07. The van der Waals surface area contributed by atoms with Crippen molar-refractivity contribution in [3.05, 3.63) is 54.1 Å². The van der Waals surface area contributed by atoms with Crippen molar-refractivity contribution in [3.63, 3.8) is 0 Å². The summed E-state index contributed by atoms with van der Waals surface area (Å²) in [5.74, 6) is 0.0793. The number of hydrogen-bond donors (Lipinski definition) is 3. The van der Waals surface area contributed by atoms with Crippen LogP contribution in [0, 0.1) is 0 Å². The van der Waals surface area contributed by atoms with Crippen molar-refractivity contribution in [3.8, 4) is 5.75 Å². The number of carbonyl (C=O) groups excluding carboxylic acids is 2. The molecule has 0 bridgehead atoms. The number of nitrogens with one attached hydrogen (secondary N) is 2. The smallest absolute Gasteiger partial charge is 0.257 e. The third-order valence-electron chi connectivity index (χ3n) is 2.92. The molecule has 0 aliphatic rings. The number of rotatable bonds is 5. The first kappa shape index (κ1) is 16.0. The number of methoxy groups -OCH3 is 1. The lowest BCUT2D eigenvalue weighted by molar-refractivity contribution is -0.105. The standard InChI is InChI=1S/C16H16N4O3/c1-23-14-8-7-12(9-13(14)18-10-21)19-16(17)20-15(22)11-5-3-2-4-6-11/h2-10H,1H3,(H,18,21)(H3,17,19,20,22). The maximum atomic E-state index is 12.0. The quantitative estimate of drug-likeness (QED) is 0.443. The van der Waals surface area contributed by atoms with Gasteiger partial charge in [-0.2, -0.15) is 0 Å². The van der Waals surface area contributed by atoms with Crippen LogP contribution < -0.4 is 21.1 Å². The lowest BCUT2D eigenvalue weighted by Crippen LogP contribution is -2.36. The van der Waals surface area contributed by atoms with Gasteiger partial charge < -0.3 is 15.8 Å². The summed E-state index contributed by atoms with van der Waals surface area (Å²) in [6, 6.07) is 13.5.